The highest BCUT2D eigenvalue weighted by molar-refractivity contribution is 5.27. The van der Waals surface area contributed by atoms with Crippen LogP contribution >= 0.6 is 0 Å². The molecule has 0 fully saturated rings. The van der Waals surface area contributed by atoms with E-state index in [-0.39, 0.29) is 0 Å². The smallest absolute Gasteiger partial charge is 0.0469 e. The second-order valence-electron chi connectivity index (χ2n) is 5.12. The van der Waals surface area contributed by atoms with E-state index in [0.717, 1.165) is 0 Å². The lowest BCUT2D eigenvalue weighted by Gasteiger charge is -2.24. The van der Waals surface area contributed by atoms with E-state index in [1.165, 1.54) is 48.1 Å². The Bertz CT molecular complexity index is 400. The minimum absolute atomic E-state index is 0.653. The standard InChI is InChI=1S/C15H21N/c1-11(2)12(3)10-14-7-4-6-13-8-5-9-16-15(13)14/h5,8-9,14H,4,6-7,10H2,1-3H3. The molecule has 2 rings (SSSR count). The fourth-order valence-electron chi connectivity index (χ4n) is 2.48. The zero-order valence-corrected chi connectivity index (χ0v) is 10.6. The molecule has 0 N–H and O–H groups in total. The van der Waals surface area contributed by atoms with Gasteiger partial charge < -0.3 is 0 Å². The number of hydrogen-bond acceptors (Lipinski definition) is 1. The molecule has 1 unspecified atom stereocenters. The third-order valence-electron chi connectivity index (χ3n) is 3.72. The van der Waals surface area contributed by atoms with Crippen molar-refractivity contribution in [1.82, 2.24) is 4.98 Å². The van der Waals surface area contributed by atoms with Crippen LogP contribution in [0, 0.1) is 0 Å². The van der Waals surface area contributed by atoms with Crippen molar-refractivity contribution >= 4 is 0 Å². The summed E-state index contributed by atoms with van der Waals surface area (Å²) in [6.07, 6.45) is 6.96. The van der Waals surface area contributed by atoms with Gasteiger partial charge in [0, 0.05) is 17.8 Å². The summed E-state index contributed by atoms with van der Waals surface area (Å²) in [5.74, 6) is 0.653. The molecule has 0 spiro atoms. The van der Waals surface area contributed by atoms with Crippen molar-refractivity contribution < 1.29 is 0 Å². The van der Waals surface area contributed by atoms with Gasteiger partial charge in [-0.2, -0.15) is 0 Å². The van der Waals surface area contributed by atoms with E-state index >= 15 is 0 Å². The minimum Gasteiger partial charge on any atom is -0.261 e. The van der Waals surface area contributed by atoms with Gasteiger partial charge in [-0.15, -0.1) is 0 Å². The molecule has 1 nitrogen and oxygen atoms in total. The normalized spacial score (nSPS) is 19.1. The third kappa shape index (κ3) is 2.34. The Morgan fingerprint density at radius 1 is 1.38 bits per heavy atom. The molecule has 0 bridgehead atoms. The van der Waals surface area contributed by atoms with Crippen LogP contribution in [0.15, 0.2) is 29.5 Å². The summed E-state index contributed by atoms with van der Waals surface area (Å²) >= 11 is 0. The zero-order valence-electron chi connectivity index (χ0n) is 10.6. The maximum atomic E-state index is 4.59. The number of allylic oxidation sites excluding steroid dienone is 2. The van der Waals surface area contributed by atoms with Crippen molar-refractivity contribution in [2.75, 3.05) is 0 Å². The molecule has 0 aliphatic heterocycles. The number of pyridine rings is 1. The van der Waals surface area contributed by atoms with E-state index in [0.29, 0.717) is 5.92 Å². The van der Waals surface area contributed by atoms with Gasteiger partial charge in [-0.25, -0.2) is 0 Å². The van der Waals surface area contributed by atoms with Crippen molar-refractivity contribution in [3.63, 3.8) is 0 Å². The zero-order chi connectivity index (χ0) is 11.5. The van der Waals surface area contributed by atoms with E-state index in [1.807, 2.05) is 6.20 Å². The Kier molecular flexibility index (Phi) is 3.42. The molecule has 1 aromatic heterocycles. The highest BCUT2D eigenvalue weighted by Crippen LogP contribution is 2.34. The first-order valence-corrected chi connectivity index (χ1v) is 6.25. The second-order valence-corrected chi connectivity index (χ2v) is 5.12. The van der Waals surface area contributed by atoms with Crippen LogP contribution in [0.5, 0.6) is 0 Å². The molecule has 0 saturated carbocycles. The van der Waals surface area contributed by atoms with Crippen molar-refractivity contribution in [1.29, 1.82) is 0 Å². The molecule has 1 atom stereocenters. The van der Waals surface area contributed by atoms with E-state index in [1.54, 1.807) is 0 Å². The lowest BCUT2D eigenvalue weighted by atomic mass is 9.82. The van der Waals surface area contributed by atoms with Crippen LogP contribution in [0.3, 0.4) is 0 Å². The van der Waals surface area contributed by atoms with Gasteiger partial charge in [-0.05, 0) is 58.1 Å². The van der Waals surface area contributed by atoms with E-state index in [9.17, 15) is 0 Å². The van der Waals surface area contributed by atoms with Crippen LogP contribution in [0.25, 0.3) is 0 Å². The van der Waals surface area contributed by atoms with Gasteiger partial charge in [0.15, 0.2) is 0 Å². The molecule has 1 heteroatoms. The SMILES string of the molecule is CC(C)=C(C)CC1CCCc2cccnc21. The summed E-state index contributed by atoms with van der Waals surface area (Å²) in [5, 5.41) is 0. The Hall–Kier alpha value is -1.11. The van der Waals surface area contributed by atoms with Crippen LogP contribution in [0.1, 0.15) is 57.2 Å². The quantitative estimate of drug-likeness (QED) is 0.672. The monoisotopic (exact) mass is 215 g/mol. The van der Waals surface area contributed by atoms with Crippen molar-refractivity contribution in [3.05, 3.63) is 40.7 Å². The largest absolute Gasteiger partial charge is 0.261 e. The Morgan fingerprint density at radius 3 is 2.94 bits per heavy atom. The number of aryl methyl sites for hydroxylation is 1. The van der Waals surface area contributed by atoms with Crippen LogP contribution in [0.4, 0.5) is 0 Å². The van der Waals surface area contributed by atoms with Crippen molar-refractivity contribution in [3.8, 4) is 0 Å². The van der Waals surface area contributed by atoms with Gasteiger partial charge in [0.2, 0.25) is 0 Å². The van der Waals surface area contributed by atoms with Gasteiger partial charge >= 0.3 is 0 Å². The van der Waals surface area contributed by atoms with Gasteiger partial charge in [0.05, 0.1) is 0 Å². The molecule has 1 aliphatic carbocycles. The summed E-state index contributed by atoms with van der Waals surface area (Å²) in [4.78, 5) is 4.59. The third-order valence-corrected chi connectivity index (χ3v) is 3.72. The summed E-state index contributed by atoms with van der Waals surface area (Å²) in [6, 6.07) is 4.31. The topological polar surface area (TPSA) is 12.9 Å². The number of aromatic nitrogens is 1. The van der Waals surface area contributed by atoms with Gasteiger partial charge in [-0.1, -0.05) is 17.2 Å². The van der Waals surface area contributed by atoms with E-state index in [2.05, 4.69) is 37.9 Å². The van der Waals surface area contributed by atoms with Crippen molar-refractivity contribution in [2.24, 2.45) is 0 Å². The van der Waals surface area contributed by atoms with E-state index in [4.69, 9.17) is 0 Å². The van der Waals surface area contributed by atoms with Crippen LogP contribution in [0.2, 0.25) is 0 Å². The number of hydrogen-bond donors (Lipinski definition) is 0. The number of nitrogens with zero attached hydrogens (tertiary/aromatic N) is 1. The van der Waals surface area contributed by atoms with E-state index < -0.39 is 0 Å². The van der Waals surface area contributed by atoms with Gasteiger partial charge in [0.25, 0.3) is 0 Å². The Balaban J connectivity index is 2.22. The maximum Gasteiger partial charge on any atom is 0.0469 e. The molecule has 0 saturated heterocycles. The molecule has 0 amide bonds. The minimum atomic E-state index is 0.653. The highest BCUT2D eigenvalue weighted by Gasteiger charge is 2.21. The summed E-state index contributed by atoms with van der Waals surface area (Å²) in [6.45, 7) is 6.67. The molecule has 16 heavy (non-hydrogen) atoms. The lowest BCUT2D eigenvalue weighted by Crippen LogP contribution is -2.12. The number of fused-ring (bicyclic) bond motifs is 1. The molecule has 0 radical (unpaired) electrons. The molecular formula is C15H21N. The molecule has 0 aromatic carbocycles. The van der Waals surface area contributed by atoms with Crippen LogP contribution < -0.4 is 0 Å². The first-order chi connectivity index (χ1) is 7.68. The van der Waals surface area contributed by atoms with Crippen LogP contribution in [-0.4, -0.2) is 4.98 Å². The maximum absolute atomic E-state index is 4.59. The van der Waals surface area contributed by atoms with Gasteiger partial charge in [0.1, 0.15) is 0 Å². The highest BCUT2D eigenvalue weighted by atomic mass is 14.7. The number of rotatable bonds is 2. The molecule has 1 heterocycles. The fraction of sp³-hybridized carbons (Fsp3) is 0.533. The first kappa shape index (κ1) is 11.4. The molecule has 1 aliphatic rings. The summed E-state index contributed by atoms with van der Waals surface area (Å²) in [7, 11) is 0. The fourth-order valence-corrected chi connectivity index (χ4v) is 2.48. The Morgan fingerprint density at radius 2 is 2.19 bits per heavy atom. The van der Waals surface area contributed by atoms with Crippen molar-refractivity contribution in [2.45, 2.75) is 52.4 Å². The predicted octanol–water partition coefficient (Wildman–Crippen LogP) is 4.25. The van der Waals surface area contributed by atoms with Gasteiger partial charge in [-0.3, -0.25) is 4.98 Å². The van der Waals surface area contributed by atoms with Crippen LogP contribution in [-0.2, 0) is 6.42 Å². The average Bonchev–Trinajstić information content (AvgIpc) is 2.29. The second kappa shape index (κ2) is 4.82. The lowest BCUT2D eigenvalue weighted by molar-refractivity contribution is 0.532. The molecule has 86 valence electrons. The average molecular weight is 215 g/mol. The Labute approximate surface area is 98.6 Å². The first-order valence-electron chi connectivity index (χ1n) is 6.25. The molecule has 1 aromatic rings. The summed E-state index contributed by atoms with van der Waals surface area (Å²) in [5.41, 5.74) is 5.82. The predicted molar refractivity (Wildman–Crippen MR) is 68.6 cm³/mol. The molecular weight excluding hydrogens is 194 g/mol. The summed E-state index contributed by atoms with van der Waals surface area (Å²) < 4.78 is 0.